The first-order chi connectivity index (χ1) is 12.8. The molecule has 0 bridgehead atoms. The number of para-hydroxylation sites is 1. The highest BCUT2D eigenvalue weighted by Gasteiger charge is 2.24. The Balaban J connectivity index is 1.27. The zero-order chi connectivity index (χ0) is 17.8. The van der Waals surface area contributed by atoms with Gasteiger partial charge < -0.3 is 15.5 Å². The SMILES string of the molecule is O=C(NCC1CCN(c2ccccc2)C1)c1ccn(C2CCCNC2)n1. The van der Waals surface area contributed by atoms with Crippen molar-refractivity contribution in [3.8, 4) is 0 Å². The van der Waals surface area contributed by atoms with Gasteiger partial charge in [-0.3, -0.25) is 9.48 Å². The molecule has 6 nitrogen and oxygen atoms in total. The maximum absolute atomic E-state index is 12.4. The first-order valence-electron chi connectivity index (χ1n) is 9.63. The van der Waals surface area contributed by atoms with Gasteiger partial charge in [0.2, 0.25) is 0 Å². The predicted molar refractivity (Wildman–Crippen MR) is 102 cm³/mol. The first-order valence-corrected chi connectivity index (χ1v) is 9.63. The topological polar surface area (TPSA) is 62.2 Å². The van der Waals surface area contributed by atoms with Gasteiger partial charge in [0.05, 0.1) is 6.04 Å². The number of nitrogens with zero attached hydrogens (tertiary/aromatic N) is 3. The van der Waals surface area contributed by atoms with Crippen molar-refractivity contribution in [3.05, 3.63) is 48.3 Å². The van der Waals surface area contributed by atoms with Gasteiger partial charge in [0, 0.05) is 38.1 Å². The molecule has 0 spiro atoms. The molecule has 2 unspecified atom stereocenters. The van der Waals surface area contributed by atoms with Crippen LogP contribution in [0.25, 0.3) is 0 Å². The molecule has 3 heterocycles. The molecule has 2 fully saturated rings. The average molecular weight is 353 g/mol. The standard InChI is InChI=1S/C20H27N5O/c26-20(19-9-12-25(23-19)18-7-4-10-21-14-18)22-13-16-8-11-24(15-16)17-5-2-1-3-6-17/h1-3,5-6,9,12,16,18,21H,4,7-8,10-11,13-15H2,(H,22,26). The van der Waals surface area contributed by atoms with Crippen molar-refractivity contribution in [3.63, 3.8) is 0 Å². The minimum absolute atomic E-state index is 0.0642. The molecule has 138 valence electrons. The van der Waals surface area contributed by atoms with E-state index >= 15 is 0 Å². The number of amides is 1. The summed E-state index contributed by atoms with van der Waals surface area (Å²) in [6.45, 7) is 4.76. The summed E-state index contributed by atoms with van der Waals surface area (Å²) in [5.74, 6) is 0.425. The number of carbonyl (C=O) groups is 1. The van der Waals surface area contributed by atoms with Gasteiger partial charge in [0.1, 0.15) is 5.69 Å². The molecule has 1 aromatic heterocycles. The fourth-order valence-corrected chi connectivity index (χ4v) is 3.92. The van der Waals surface area contributed by atoms with Crippen LogP contribution < -0.4 is 15.5 Å². The van der Waals surface area contributed by atoms with Crippen LogP contribution >= 0.6 is 0 Å². The Bertz CT molecular complexity index is 723. The van der Waals surface area contributed by atoms with E-state index in [1.165, 1.54) is 5.69 Å². The normalized spacial score (nSPS) is 23.2. The summed E-state index contributed by atoms with van der Waals surface area (Å²) < 4.78 is 1.94. The van der Waals surface area contributed by atoms with E-state index in [1.54, 1.807) is 0 Å². The van der Waals surface area contributed by atoms with E-state index in [2.05, 4.69) is 44.9 Å². The molecular weight excluding hydrogens is 326 g/mol. The third kappa shape index (κ3) is 3.90. The summed E-state index contributed by atoms with van der Waals surface area (Å²) in [6, 6.07) is 12.7. The van der Waals surface area contributed by atoms with Gasteiger partial charge in [-0.15, -0.1) is 0 Å². The Morgan fingerprint density at radius 3 is 2.92 bits per heavy atom. The van der Waals surface area contributed by atoms with Crippen LogP contribution in [0, 0.1) is 5.92 Å². The van der Waals surface area contributed by atoms with Crippen molar-refractivity contribution in [2.45, 2.75) is 25.3 Å². The van der Waals surface area contributed by atoms with Gasteiger partial charge in [-0.1, -0.05) is 18.2 Å². The molecule has 4 rings (SSSR count). The third-order valence-corrected chi connectivity index (χ3v) is 5.44. The fraction of sp³-hybridized carbons (Fsp3) is 0.500. The second-order valence-corrected chi connectivity index (χ2v) is 7.33. The third-order valence-electron chi connectivity index (χ3n) is 5.44. The number of carbonyl (C=O) groups excluding carboxylic acids is 1. The highest BCUT2D eigenvalue weighted by Crippen LogP contribution is 2.23. The molecule has 2 saturated heterocycles. The number of rotatable bonds is 5. The molecule has 2 N–H and O–H groups in total. The Hall–Kier alpha value is -2.34. The van der Waals surface area contributed by atoms with Crippen LogP contribution in [0.15, 0.2) is 42.6 Å². The van der Waals surface area contributed by atoms with Crippen molar-refractivity contribution in [1.82, 2.24) is 20.4 Å². The van der Waals surface area contributed by atoms with E-state index in [-0.39, 0.29) is 5.91 Å². The smallest absolute Gasteiger partial charge is 0.271 e. The summed E-state index contributed by atoms with van der Waals surface area (Å²) in [5, 5.41) is 11.0. The lowest BCUT2D eigenvalue weighted by Crippen LogP contribution is -2.33. The van der Waals surface area contributed by atoms with Gasteiger partial charge in [-0.25, -0.2) is 0 Å². The van der Waals surface area contributed by atoms with E-state index < -0.39 is 0 Å². The largest absolute Gasteiger partial charge is 0.371 e. The molecular formula is C20H27N5O. The second kappa shape index (κ2) is 7.91. The molecule has 2 aromatic rings. The molecule has 1 amide bonds. The lowest BCUT2D eigenvalue weighted by molar-refractivity contribution is 0.0942. The monoisotopic (exact) mass is 353 g/mol. The molecule has 6 heteroatoms. The number of anilines is 1. The van der Waals surface area contributed by atoms with Gasteiger partial charge >= 0.3 is 0 Å². The van der Waals surface area contributed by atoms with Crippen molar-refractivity contribution in [2.24, 2.45) is 5.92 Å². The zero-order valence-corrected chi connectivity index (χ0v) is 15.1. The van der Waals surface area contributed by atoms with E-state index in [4.69, 9.17) is 0 Å². The minimum Gasteiger partial charge on any atom is -0.371 e. The maximum atomic E-state index is 12.4. The Labute approximate surface area is 154 Å². The molecule has 0 saturated carbocycles. The zero-order valence-electron chi connectivity index (χ0n) is 15.1. The summed E-state index contributed by atoms with van der Waals surface area (Å²) in [5.41, 5.74) is 1.79. The van der Waals surface area contributed by atoms with Gasteiger partial charge in [-0.05, 0) is 49.9 Å². The molecule has 2 atom stereocenters. The molecule has 0 radical (unpaired) electrons. The quantitative estimate of drug-likeness (QED) is 0.864. The van der Waals surface area contributed by atoms with E-state index in [0.29, 0.717) is 24.2 Å². The molecule has 26 heavy (non-hydrogen) atoms. The lowest BCUT2D eigenvalue weighted by Gasteiger charge is -2.22. The average Bonchev–Trinajstić information content (AvgIpc) is 3.37. The highest BCUT2D eigenvalue weighted by atomic mass is 16.1. The van der Waals surface area contributed by atoms with Crippen LogP contribution in [0.4, 0.5) is 5.69 Å². The number of hydrogen-bond donors (Lipinski definition) is 2. The van der Waals surface area contributed by atoms with Crippen LogP contribution in [0.5, 0.6) is 0 Å². The number of hydrogen-bond acceptors (Lipinski definition) is 4. The number of aromatic nitrogens is 2. The first kappa shape index (κ1) is 17.1. The predicted octanol–water partition coefficient (Wildman–Crippen LogP) is 2.06. The van der Waals surface area contributed by atoms with E-state index in [1.807, 2.05) is 23.0 Å². The summed E-state index contributed by atoms with van der Waals surface area (Å²) in [7, 11) is 0. The van der Waals surface area contributed by atoms with Crippen LogP contribution in [0.3, 0.4) is 0 Å². The molecule has 1 aromatic carbocycles. The molecule has 0 aliphatic carbocycles. The summed E-state index contributed by atoms with van der Waals surface area (Å²) >= 11 is 0. The van der Waals surface area contributed by atoms with E-state index in [0.717, 1.165) is 45.4 Å². The second-order valence-electron chi connectivity index (χ2n) is 7.33. The van der Waals surface area contributed by atoms with Crippen molar-refractivity contribution >= 4 is 11.6 Å². The molecule has 2 aliphatic rings. The number of nitrogens with one attached hydrogen (secondary N) is 2. The van der Waals surface area contributed by atoms with Crippen molar-refractivity contribution in [2.75, 3.05) is 37.6 Å². The van der Waals surface area contributed by atoms with Gasteiger partial charge in [0.15, 0.2) is 0 Å². The summed E-state index contributed by atoms with van der Waals surface area (Å²) in [4.78, 5) is 14.8. The Kier molecular flexibility index (Phi) is 5.20. The van der Waals surface area contributed by atoms with Crippen LogP contribution in [0.1, 0.15) is 35.8 Å². The summed E-state index contributed by atoms with van der Waals surface area (Å²) in [6.07, 6.45) is 5.31. The van der Waals surface area contributed by atoms with Crippen LogP contribution in [-0.2, 0) is 0 Å². The van der Waals surface area contributed by atoms with Gasteiger partial charge in [-0.2, -0.15) is 5.10 Å². The van der Waals surface area contributed by atoms with Crippen molar-refractivity contribution < 1.29 is 4.79 Å². The van der Waals surface area contributed by atoms with E-state index in [9.17, 15) is 4.79 Å². The van der Waals surface area contributed by atoms with Crippen LogP contribution in [0.2, 0.25) is 0 Å². The van der Waals surface area contributed by atoms with Gasteiger partial charge in [0.25, 0.3) is 5.91 Å². The molecule has 2 aliphatic heterocycles. The minimum atomic E-state index is -0.0642. The fourth-order valence-electron chi connectivity index (χ4n) is 3.92. The highest BCUT2D eigenvalue weighted by molar-refractivity contribution is 5.92. The Morgan fingerprint density at radius 1 is 1.23 bits per heavy atom. The lowest BCUT2D eigenvalue weighted by atomic mass is 10.1. The maximum Gasteiger partial charge on any atom is 0.271 e. The Morgan fingerprint density at radius 2 is 2.12 bits per heavy atom. The van der Waals surface area contributed by atoms with Crippen LogP contribution in [-0.4, -0.2) is 48.4 Å². The number of piperidine rings is 1. The number of benzene rings is 1. The van der Waals surface area contributed by atoms with Crippen molar-refractivity contribution in [1.29, 1.82) is 0 Å².